The molecule has 0 bridgehead atoms. The molecule has 7 heteroatoms. The van der Waals surface area contributed by atoms with Crippen LogP contribution >= 0.6 is 11.6 Å². The van der Waals surface area contributed by atoms with Gasteiger partial charge in [-0.05, 0) is 6.07 Å². The highest BCUT2D eigenvalue weighted by Gasteiger charge is 2.12. The molecule has 0 saturated carbocycles. The van der Waals surface area contributed by atoms with E-state index < -0.39 is 4.92 Å². The van der Waals surface area contributed by atoms with Gasteiger partial charge in [0.1, 0.15) is 10.8 Å². The number of hydrogen-bond acceptors (Lipinski definition) is 4. The van der Waals surface area contributed by atoms with Crippen molar-refractivity contribution in [3.8, 4) is 5.75 Å². The molecule has 0 saturated heterocycles. The summed E-state index contributed by atoms with van der Waals surface area (Å²) in [6.45, 7) is 0.200. The molecular weight excluding hydrogens is 260 g/mol. The Labute approximate surface area is 109 Å². The van der Waals surface area contributed by atoms with Crippen LogP contribution in [0.25, 0.3) is 0 Å². The quantitative estimate of drug-likeness (QED) is 0.608. The zero-order chi connectivity index (χ0) is 13.7. The van der Waals surface area contributed by atoms with Crippen molar-refractivity contribution in [1.82, 2.24) is 4.90 Å². The van der Waals surface area contributed by atoms with Gasteiger partial charge in [0.2, 0.25) is 5.91 Å². The van der Waals surface area contributed by atoms with Crippen molar-refractivity contribution in [3.63, 3.8) is 0 Å². The van der Waals surface area contributed by atoms with Crippen LogP contribution in [0.4, 0.5) is 5.69 Å². The molecule has 1 aromatic carbocycles. The lowest BCUT2D eigenvalue weighted by molar-refractivity contribution is -0.384. The van der Waals surface area contributed by atoms with Crippen LogP contribution in [0.2, 0.25) is 5.02 Å². The van der Waals surface area contributed by atoms with Crippen molar-refractivity contribution in [1.29, 1.82) is 0 Å². The maximum atomic E-state index is 11.3. The van der Waals surface area contributed by atoms with Gasteiger partial charge >= 0.3 is 0 Å². The number of carbonyl (C=O) groups excluding carboxylic acids is 1. The molecule has 6 nitrogen and oxygen atoms in total. The molecule has 98 valence electrons. The highest BCUT2D eigenvalue weighted by atomic mass is 35.5. The maximum absolute atomic E-state index is 11.3. The SMILES string of the molecule is CN(C)C(=O)CCOc1ccc([N+](=O)[O-])c(Cl)c1. The monoisotopic (exact) mass is 272 g/mol. The van der Waals surface area contributed by atoms with Crippen LogP contribution in [0.5, 0.6) is 5.75 Å². The van der Waals surface area contributed by atoms with Crippen molar-refractivity contribution in [2.45, 2.75) is 6.42 Å². The Bertz CT molecular complexity index is 462. The molecular formula is C11H13ClN2O4. The van der Waals surface area contributed by atoms with Gasteiger partial charge in [-0.25, -0.2) is 0 Å². The molecule has 0 aliphatic rings. The van der Waals surface area contributed by atoms with Crippen LogP contribution in [0.3, 0.4) is 0 Å². The number of halogens is 1. The number of hydrogen-bond donors (Lipinski definition) is 0. The van der Waals surface area contributed by atoms with Gasteiger partial charge in [-0.15, -0.1) is 0 Å². The Hall–Kier alpha value is -1.82. The van der Waals surface area contributed by atoms with E-state index in [1.165, 1.54) is 23.1 Å². The summed E-state index contributed by atoms with van der Waals surface area (Å²) in [6, 6.07) is 4.08. The van der Waals surface area contributed by atoms with Crippen molar-refractivity contribution in [2.24, 2.45) is 0 Å². The zero-order valence-corrected chi connectivity index (χ0v) is 10.8. The predicted molar refractivity (Wildman–Crippen MR) is 66.9 cm³/mol. The predicted octanol–water partition coefficient (Wildman–Crippen LogP) is 2.11. The van der Waals surface area contributed by atoms with Crippen LogP contribution in [-0.2, 0) is 4.79 Å². The first-order valence-electron chi connectivity index (χ1n) is 5.18. The molecule has 0 aromatic heterocycles. The summed E-state index contributed by atoms with van der Waals surface area (Å²) in [5.74, 6) is 0.347. The second-order valence-electron chi connectivity index (χ2n) is 3.76. The van der Waals surface area contributed by atoms with Crippen molar-refractivity contribution < 1.29 is 14.5 Å². The number of nitro benzene ring substituents is 1. The normalized spacial score (nSPS) is 9.94. The summed E-state index contributed by atoms with van der Waals surface area (Å²) in [7, 11) is 3.32. The molecule has 0 heterocycles. The molecule has 0 atom stereocenters. The number of rotatable bonds is 5. The van der Waals surface area contributed by atoms with Crippen LogP contribution in [0.1, 0.15) is 6.42 Å². The average Bonchev–Trinajstić information content (AvgIpc) is 2.28. The van der Waals surface area contributed by atoms with Gasteiger partial charge in [0.15, 0.2) is 0 Å². The minimum Gasteiger partial charge on any atom is -0.493 e. The van der Waals surface area contributed by atoms with Crippen LogP contribution in [0, 0.1) is 10.1 Å². The molecule has 1 rings (SSSR count). The van der Waals surface area contributed by atoms with Gasteiger partial charge in [-0.1, -0.05) is 11.6 Å². The molecule has 0 N–H and O–H groups in total. The fourth-order valence-electron chi connectivity index (χ4n) is 1.21. The van der Waals surface area contributed by atoms with E-state index in [0.29, 0.717) is 5.75 Å². The third-order valence-corrected chi connectivity index (χ3v) is 2.50. The van der Waals surface area contributed by atoms with E-state index in [0.717, 1.165) is 0 Å². The van der Waals surface area contributed by atoms with E-state index in [-0.39, 0.29) is 29.6 Å². The highest BCUT2D eigenvalue weighted by Crippen LogP contribution is 2.28. The number of nitrogens with zero attached hydrogens (tertiary/aromatic N) is 2. The molecule has 1 aromatic rings. The Kier molecular flexibility index (Phi) is 4.91. The summed E-state index contributed by atoms with van der Waals surface area (Å²) in [5.41, 5.74) is -0.173. The number of ether oxygens (including phenoxy) is 1. The smallest absolute Gasteiger partial charge is 0.288 e. The maximum Gasteiger partial charge on any atom is 0.288 e. The minimum absolute atomic E-state index is 0.0106. The zero-order valence-electron chi connectivity index (χ0n) is 10.1. The molecule has 0 aliphatic heterocycles. The summed E-state index contributed by atoms with van der Waals surface area (Å²) in [4.78, 5) is 22.7. The first-order valence-corrected chi connectivity index (χ1v) is 5.56. The number of benzene rings is 1. The van der Waals surface area contributed by atoms with Gasteiger partial charge in [0, 0.05) is 26.2 Å². The second kappa shape index (κ2) is 6.20. The first-order chi connectivity index (χ1) is 8.41. The van der Waals surface area contributed by atoms with E-state index in [9.17, 15) is 14.9 Å². The second-order valence-corrected chi connectivity index (χ2v) is 4.16. The molecule has 0 unspecified atom stereocenters. The van der Waals surface area contributed by atoms with Gasteiger partial charge in [0.25, 0.3) is 5.69 Å². The van der Waals surface area contributed by atoms with Crippen molar-refractivity contribution >= 4 is 23.2 Å². The average molecular weight is 273 g/mol. The van der Waals surface area contributed by atoms with E-state index >= 15 is 0 Å². The van der Waals surface area contributed by atoms with E-state index in [2.05, 4.69) is 0 Å². The van der Waals surface area contributed by atoms with Crippen molar-refractivity contribution in [3.05, 3.63) is 33.3 Å². The fraction of sp³-hybridized carbons (Fsp3) is 0.364. The third-order valence-electron chi connectivity index (χ3n) is 2.20. The number of carbonyl (C=O) groups is 1. The summed E-state index contributed by atoms with van der Waals surface area (Å²) < 4.78 is 5.29. The van der Waals surface area contributed by atoms with E-state index in [1.807, 2.05) is 0 Å². The minimum atomic E-state index is -0.568. The van der Waals surface area contributed by atoms with Crippen molar-refractivity contribution in [2.75, 3.05) is 20.7 Å². The van der Waals surface area contributed by atoms with Gasteiger partial charge < -0.3 is 9.64 Å². The summed E-state index contributed by atoms with van der Waals surface area (Å²) in [5, 5.41) is 10.6. The molecule has 18 heavy (non-hydrogen) atoms. The van der Waals surface area contributed by atoms with Gasteiger partial charge in [-0.2, -0.15) is 0 Å². The molecule has 1 amide bonds. The van der Waals surface area contributed by atoms with Gasteiger partial charge in [0.05, 0.1) is 18.0 Å². The molecule has 0 fully saturated rings. The van der Waals surface area contributed by atoms with E-state index in [4.69, 9.17) is 16.3 Å². The van der Waals surface area contributed by atoms with Crippen LogP contribution in [0.15, 0.2) is 18.2 Å². The number of nitro groups is 1. The summed E-state index contributed by atoms with van der Waals surface area (Å²) in [6.07, 6.45) is 0.238. The third kappa shape index (κ3) is 3.89. The lowest BCUT2D eigenvalue weighted by Crippen LogP contribution is -2.23. The van der Waals surface area contributed by atoms with Crippen LogP contribution < -0.4 is 4.74 Å². The fourth-order valence-corrected chi connectivity index (χ4v) is 1.44. The molecule has 0 radical (unpaired) electrons. The standard InChI is InChI=1S/C11H13ClN2O4/c1-13(2)11(15)5-6-18-8-3-4-10(14(16)17)9(12)7-8/h3-4,7H,5-6H2,1-2H3. The lowest BCUT2D eigenvalue weighted by atomic mass is 10.3. The Balaban J connectivity index is 2.57. The molecule has 0 aliphatic carbocycles. The summed E-state index contributed by atoms with van der Waals surface area (Å²) >= 11 is 5.72. The Morgan fingerprint density at radius 2 is 2.17 bits per heavy atom. The lowest BCUT2D eigenvalue weighted by Gasteiger charge is -2.10. The Morgan fingerprint density at radius 1 is 1.50 bits per heavy atom. The first kappa shape index (κ1) is 14.2. The van der Waals surface area contributed by atoms with E-state index in [1.54, 1.807) is 14.1 Å². The van der Waals surface area contributed by atoms with Crippen LogP contribution in [-0.4, -0.2) is 36.4 Å². The highest BCUT2D eigenvalue weighted by molar-refractivity contribution is 6.32. The Morgan fingerprint density at radius 3 is 2.67 bits per heavy atom. The van der Waals surface area contributed by atoms with Gasteiger partial charge in [-0.3, -0.25) is 14.9 Å². The largest absolute Gasteiger partial charge is 0.493 e. The topological polar surface area (TPSA) is 72.7 Å². The number of amides is 1. The molecule has 0 spiro atoms.